The first-order valence-corrected chi connectivity index (χ1v) is 7.85. The third-order valence-electron chi connectivity index (χ3n) is 3.96. The van der Waals surface area contributed by atoms with E-state index in [2.05, 4.69) is 48.0 Å². The van der Waals surface area contributed by atoms with E-state index in [9.17, 15) is 10.2 Å². The first-order valence-electron chi connectivity index (χ1n) is 7.85. The Labute approximate surface area is 137 Å². The van der Waals surface area contributed by atoms with Crippen LogP contribution in [0.25, 0.3) is 12.2 Å². The maximum Gasteiger partial charge on any atom is 0.184 e. The monoisotopic (exact) mass is 318 g/mol. The summed E-state index contributed by atoms with van der Waals surface area (Å²) in [5, 5.41) is 30.0. The zero-order valence-corrected chi connectivity index (χ0v) is 13.8. The Morgan fingerprint density at radius 3 is 2.35 bits per heavy atom. The lowest BCUT2D eigenvalue weighted by atomic mass is 10.0. The van der Waals surface area contributed by atoms with Crippen molar-refractivity contribution in [1.82, 2.24) is 10.2 Å². The molecule has 2 rings (SSSR count). The number of likely N-dealkylation sites (N-methyl/N-ethyl adjacent to an activating group) is 1. The summed E-state index contributed by atoms with van der Waals surface area (Å²) in [5.41, 5.74) is 2.37. The van der Waals surface area contributed by atoms with E-state index in [1.807, 2.05) is 0 Å². The SMILES string of the molecule is C=Cc1c(O)c(O)c2c(c1C=C)NC(NCCN(C)CCC)N2. The first-order chi connectivity index (χ1) is 11.0. The van der Waals surface area contributed by atoms with Crippen molar-refractivity contribution in [3.05, 3.63) is 24.3 Å². The molecule has 1 atom stereocenters. The number of phenolic OH excluding ortho intramolecular Hbond substituents is 2. The van der Waals surface area contributed by atoms with Crippen LogP contribution in [0.4, 0.5) is 11.4 Å². The van der Waals surface area contributed by atoms with Crippen LogP contribution < -0.4 is 16.0 Å². The summed E-state index contributed by atoms with van der Waals surface area (Å²) in [7, 11) is 2.09. The quantitative estimate of drug-likeness (QED) is 0.374. The number of hydrogen-bond acceptors (Lipinski definition) is 6. The Hall–Kier alpha value is -2.18. The van der Waals surface area contributed by atoms with Crippen LogP contribution in [0.5, 0.6) is 11.5 Å². The molecular weight excluding hydrogens is 292 g/mol. The molecule has 0 fully saturated rings. The normalized spacial score (nSPS) is 15.9. The number of fused-ring (bicyclic) bond motifs is 1. The van der Waals surface area contributed by atoms with Gasteiger partial charge in [-0.25, -0.2) is 0 Å². The molecule has 1 aromatic rings. The molecule has 6 heteroatoms. The van der Waals surface area contributed by atoms with Gasteiger partial charge in [0.15, 0.2) is 17.8 Å². The van der Waals surface area contributed by atoms with E-state index in [0.29, 0.717) is 22.5 Å². The summed E-state index contributed by atoms with van der Waals surface area (Å²) < 4.78 is 0. The highest BCUT2D eigenvalue weighted by Crippen LogP contribution is 2.48. The fourth-order valence-corrected chi connectivity index (χ4v) is 2.79. The summed E-state index contributed by atoms with van der Waals surface area (Å²) in [6.07, 6.45) is 4.06. The summed E-state index contributed by atoms with van der Waals surface area (Å²) in [5.74, 6) is -0.369. The van der Waals surface area contributed by atoms with Gasteiger partial charge in [0.1, 0.15) is 5.69 Å². The lowest BCUT2D eigenvalue weighted by Crippen LogP contribution is -2.42. The van der Waals surface area contributed by atoms with Crippen LogP contribution in [0.15, 0.2) is 13.2 Å². The molecule has 1 unspecified atom stereocenters. The molecule has 1 aromatic carbocycles. The average Bonchev–Trinajstić information content (AvgIpc) is 2.95. The minimum atomic E-state index is -0.218. The Bertz CT molecular complexity index is 601. The number of nitrogens with one attached hydrogen (secondary N) is 3. The Morgan fingerprint density at radius 1 is 1.09 bits per heavy atom. The molecule has 0 spiro atoms. The van der Waals surface area contributed by atoms with Crippen molar-refractivity contribution in [3.8, 4) is 11.5 Å². The van der Waals surface area contributed by atoms with Crippen LogP contribution in [0.2, 0.25) is 0 Å². The van der Waals surface area contributed by atoms with Gasteiger partial charge >= 0.3 is 0 Å². The number of phenols is 2. The standard InChI is InChI=1S/C17H26N4O2/c1-5-9-21(4)10-8-18-17-19-13-11(6-2)12(7-3)15(22)16(23)14(13)20-17/h6-7,17-20,22-23H,2-3,5,8-10H2,1,4H3. The molecule has 0 bridgehead atoms. The van der Waals surface area contributed by atoms with Crippen LogP contribution in [-0.2, 0) is 0 Å². The van der Waals surface area contributed by atoms with Crippen molar-refractivity contribution in [2.45, 2.75) is 19.6 Å². The average molecular weight is 318 g/mol. The Balaban J connectivity index is 2.10. The van der Waals surface area contributed by atoms with Gasteiger partial charge in [-0.3, -0.25) is 5.32 Å². The van der Waals surface area contributed by atoms with E-state index in [1.54, 1.807) is 6.08 Å². The van der Waals surface area contributed by atoms with Gasteiger partial charge in [0.25, 0.3) is 0 Å². The van der Waals surface area contributed by atoms with Gasteiger partial charge in [0, 0.05) is 24.2 Å². The largest absolute Gasteiger partial charge is 0.504 e. The predicted octanol–water partition coefficient (Wildman–Crippen LogP) is 2.44. The van der Waals surface area contributed by atoms with Gasteiger partial charge in [-0.2, -0.15) is 0 Å². The van der Waals surface area contributed by atoms with Gasteiger partial charge < -0.3 is 25.7 Å². The highest BCUT2D eigenvalue weighted by molar-refractivity contribution is 5.94. The molecule has 0 radical (unpaired) electrons. The number of nitrogens with zero attached hydrogens (tertiary/aromatic N) is 1. The summed E-state index contributed by atoms with van der Waals surface area (Å²) >= 11 is 0. The van der Waals surface area contributed by atoms with Crippen LogP contribution in [0.3, 0.4) is 0 Å². The van der Waals surface area contributed by atoms with Gasteiger partial charge in [-0.05, 0) is 20.0 Å². The highest BCUT2D eigenvalue weighted by atomic mass is 16.3. The molecule has 0 saturated heterocycles. The lowest BCUT2D eigenvalue weighted by molar-refractivity contribution is 0.329. The van der Waals surface area contributed by atoms with Gasteiger partial charge in [0.2, 0.25) is 0 Å². The topological polar surface area (TPSA) is 79.8 Å². The van der Waals surface area contributed by atoms with Gasteiger partial charge in [-0.15, -0.1) is 0 Å². The Morgan fingerprint density at radius 2 is 1.74 bits per heavy atom. The smallest absolute Gasteiger partial charge is 0.184 e. The fourth-order valence-electron chi connectivity index (χ4n) is 2.79. The van der Waals surface area contributed by atoms with E-state index in [-0.39, 0.29) is 17.8 Å². The molecular formula is C17H26N4O2. The predicted molar refractivity (Wildman–Crippen MR) is 96.8 cm³/mol. The number of aromatic hydroxyl groups is 2. The molecule has 1 heterocycles. The van der Waals surface area contributed by atoms with E-state index in [0.717, 1.165) is 26.1 Å². The molecule has 0 saturated carbocycles. The molecule has 0 amide bonds. The second-order valence-electron chi connectivity index (χ2n) is 5.66. The Kier molecular flexibility index (Phi) is 5.52. The van der Waals surface area contributed by atoms with E-state index in [1.165, 1.54) is 6.08 Å². The lowest BCUT2D eigenvalue weighted by Gasteiger charge is -2.19. The van der Waals surface area contributed by atoms with Crippen molar-refractivity contribution in [1.29, 1.82) is 0 Å². The van der Waals surface area contributed by atoms with Crippen LogP contribution in [0, 0.1) is 0 Å². The van der Waals surface area contributed by atoms with Crippen molar-refractivity contribution in [3.63, 3.8) is 0 Å². The van der Waals surface area contributed by atoms with E-state index >= 15 is 0 Å². The summed E-state index contributed by atoms with van der Waals surface area (Å²) in [6, 6.07) is 0. The van der Waals surface area contributed by atoms with Crippen LogP contribution in [0.1, 0.15) is 24.5 Å². The number of anilines is 2. The zero-order chi connectivity index (χ0) is 17.0. The molecule has 5 N–H and O–H groups in total. The molecule has 6 nitrogen and oxygen atoms in total. The van der Waals surface area contributed by atoms with Gasteiger partial charge in [0.05, 0.1) is 5.69 Å². The molecule has 1 aliphatic rings. The third-order valence-corrected chi connectivity index (χ3v) is 3.96. The van der Waals surface area contributed by atoms with Crippen molar-refractivity contribution < 1.29 is 10.2 Å². The van der Waals surface area contributed by atoms with Crippen LogP contribution >= 0.6 is 0 Å². The molecule has 23 heavy (non-hydrogen) atoms. The van der Waals surface area contributed by atoms with Crippen molar-refractivity contribution in [2.24, 2.45) is 0 Å². The zero-order valence-electron chi connectivity index (χ0n) is 13.8. The van der Waals surface area contributed by atoms with E-state index < -0.39 is 0 Å². The summed E-state index contributed by atoms with van der Waals surface area (Å²) in [6.45, 7) is 12.4. The van der Waals surface area contributed by atoms with Crippen molar-refractivity contribution >= 4 is 23.5 Å². The van der Waals surface area contributed by atoms with E-state index in [4.69, 9.17) is 0 Å². The minimum Gasteiger partial charge on any atom is -0.504 e. The summed E-state index contributed by atoms with van der Waals surface area (Å²) in [4.78, 5) is 2.25. The maximum absolute atomic E-state index is 10.2. The number of rotatable bonds is 8. The number of hydrogen-bond donors (Lipinski definition) is 5. The third kappa shape index (κ3) is 3.43. The fraction of sp³-hybridized carbons (Fsp3) is 0.412. The molecule has 0 aliphatic carbocycles. The molecule has 0 aromatic heterocycles. The first kappa shape index (κ1) is 17.2. The second-order valence-corrected chi connectivity index (χ2v) is 5.66. The highest BCUT2D eigenvalue weighted by Gasteiger charge is 2.28. The number of benzene rings is 1. The second kappa shape index (κ2) is 7.39. The van der Waals surface area contributed by atoms with Crippen molar-refractivity contribution in [2.75, 3.05) is 37.3 Å². The maximum atomic E-state index is 10.2. The minimum absolute atomic E-state index is 0.180. The molecule has 126 valence electrons. The van der Waals surface area contributed by atoms with Crippen LogP contribution in [-0.4, -0.2) is 48.1 Å². The molecule has 1 aliphatic heterocycles. The van der Waals surface area contributed by atoms with Gasteiger partial charge in [-0.1, -0.05) is 32.2 Å².